The molecule has 0 aliphatic carbocycles. The Morgan fingerprint density at radius 2 is 2.03 bits per heavy atom. The van der Waals surface area contributed by atoms with Gasteiger partial charge in [0.05, 0.1) is 17.9 Å². The minimum absolute atomic E-state index is 0.238. The number of nitrogens with zero attached hydrogens (tertiary/aromatic N) is 2. The molecule has 152 valence electrons. The van der Waals surface area contributed by atoms with Gasteiger partial charge in [0.25, 0.3) is 0 Å². The molecule has 1 aliphatic heterocycles. The van der Waals surface area contributed by atoms with E-state index >= 15 is 0 Å². The van der Waals surface area contributed by atoms with E-state index in [0.29, 0.717) is 35.2 Å². The standard InChI is InChI=1S/C21H26N6O2/c1-12-3-6-18(14-4-5-15(9-22)17(23)8-14)27(11-12)21(29)20(28)26-16-7-13(2)19(24)25-10-16/h4-5,7-10,12,18,22H,3,6,11,23H2,1-2H3,(H2,24,25)(H,26,28)/t12-,18+/m1/s1. The number of aryl methyl sites for hydroxylation is 1. The molecule has 1 fully saturated rings. The number of benzene rings is 1. The minimum Gasteiger partial charge on any atom is -0.398 e. The van der Waals surface area contributed by atoms with E-state index in [1.54, 1.807) is 30.0 Å². The van der Waals surface area contributed by atoms with Gasteiger partial charge < -0.3 is 27.1 Å². The summed E-state index contributed by atoms with van der Waals surface area (Å²) in [5.74, 6) is -0.628. The van der Waals surface area contributed by atoms with Crippen LogP contribution in [0.15, 0.2) is 30.5 Å². The van der Waals surface area contributed by atoms with E-state index in [9.17, 15) is 9.59 Å². The third-order valence-electron chi connectivity index (χ3n) is 5.30. The normalized spacial score (nSPS) is 18.9. The molecular formula is C21H26N6O2. The van der Waals surface area contributed by atoms with Gasteiger partial charge in [-0.15, -0.1) is 0 Å². The lowest BCUT2D eigenvalue weighted by molar-refractivity contribution is -0.146. The number of likely N-dealkylation sites (tertiary alicyclic amines) is 1. The largest absolute Gasteiger partial charge is 0.398 e. The van der Waals surface area contributed by atoms with E-state index in [1.807, 2.05) is 6.07 Å². The number of nitrogens with two attached hydrogens (primary N) is 2. The highest BCUT2D eigenvalue weighted by Gasteiger charge is 2.34. The summed E-state index contributed by atoms with van der Waals surface area (Å²) in [7, 11) is 0. The van der Waals surface area contributed by atoms with E-state index in [1.165, 1.54) is 12.4 Å². The fraction of sp³-hybridized carbons (Fsp3) is 0.333. The second kappa shape index (κ2) is 8.30. The zero-order valence-corrected chi connectivity index (χ0v) is 16.6. The molecule has 0 radical (unpaired) electrons. The Hall–Kier alpha value is -3.42. The Bertz CT molecular complexity index is 958. The van der Waals surface area contributed by atoms with Crippen molar-refractivity contribution in [3.63, 3.8) is 0 Å². The molecule has 1 aromatic heterocycles. The van der Waals surface area contributed by atoms with E-state index in [0.717, 1.165) is 24.0 Å². The summed E-state index contributed by atoms with van der Waals surface area (Å²) in [6, 6.07) is 6.86. The molecule has 3 rings (SSSR count). The number of rotatable bonds is 3. The fourth-order valence-corrected chi connectivity index (χ4v) is 3.62. The summed E-state index contributed by atoms with van der Waals surface area (Å²) in [5, 5.41) is 10.0. The van der Waals surface area contributed by atoms with Crippen LogP contribution in [0.3, 0.4) is 0 Å². The maximum Gasteiger partial charge on any atom is 0.313 e. The molecule has 2 amide bonds. The number of piperidine rings is 1. The fourth-order valence-electron chi connectivity index (χ4n) is 3.62. The number of anilines is 3. The number of carbonyl (C=O) groups is 2. The lowest BCUT2D eigenvalue weighted by Crippen LogP contribution is -2.46. The molecule has 2 aromatic rings. The van der Waals surface area contributed by atoms with Gasteiger partial charge in [0, 0.05) is 24.0 Å². The van der Waals surface area contributed by atoms with Crippen molar-refractivity contribution in [2.45, 2.75) is 32.7 Å². The molecule has 6 N–H and O–H groups in total. The van der Waals surface area contributed by atoms with Crippen LogP contribution < -0.4 is 16.8 Å². The van der Waals surface area contributed by atoms with Crippen LogP contribution >= 0.6 is 0 Å². The molecule has 0 spiro atoms. The van der Waals surface area contributed by atoms with Gasteiger partial charge in [0.15, 0.2) is 0 Å². The lowest BCUT2D eigenvalue weighted by Gasteiger charge is -2.38. The summed E-state index contributed by atoms with van der Waals surface area (Å²) >= 11 is 0. The van der Waals surface area contributed by atoms with Crippen LogP contribution in [-0.2, 0) is 9.59 Å². The average Bonchev–Trinajstić information content (AvgIpc) is 2.70. The first-order valence-electron chi connectivity index (χ1n) is 9.54. The van der Waals surface area contributed by atoms with Crippen LogP contribution in [0.4, 0.5) is 17.2 Å². The highest BCUT2D eigenvalue weighted by Crippen LogP contribution is 2.34. The molecule has 1 aliphatic rings. The van der Waals surface area contributed by atoms with Gasteiger partial charge in [-0.05, 0) is 48.9 Å². The first-order valence-corrected chi connectivity index (χ1v) is 9.54. The second-order valence-corrected chi connectivity index (χ2v) is 7.57. The number of carbonyl (C=O) groups excluding carboxylic acids is 2. The quantitative estimate of drug-likeness (QED) is 0.360. The predicted molar refractivity (Wildman–Crippen MR) is 114 cm³/mol. The van der Waals surface area contributed by atoms with Crippen molar-refractivity contribution in [1.29, 1.82) is 5.41 Å². The molecule has 1 saturated heterocycles. The van der Waals surface area contributed by atoms with Crippen molar-refractivity contribution in [2.24, 2.45) is 5.92 Å². The average molecular weight is 394 g/mol. The molecule has 8 nitrogen and oxygen atoms in total. The highest BCUT2D eigenvalue weighted by molar-refractivity contribution is 6.39. The third-order valence-corrected chi connectivity index (χ3v) is 5.30. The predicted octanol–water partition coefficient (Wildman–Crippen LogP) is 2.49. The van der Waals surface area contributed by atoms with E-state index < -0.39 is 11.8 Å². The Kier molecular flexibility index (Phi) is 5.81. The van der Waals surface area contributed by atoms with Gasteiger partial charge in [0.1, 0.15) is 5.82 Å². The van der Waals surface area contributed by atoms with Gasteiger partial charge in [0.2, 0.25) is 0 Å². The molecule has 0 bridgehead atoms. The molecule has 29 heavy (non-hydrogen) atoms. The van der Waals surface area contributed by atoms with E-state index in [-0.39, 0.29) is 6.04 Å². The summed E-state index contributed by atoms with van der Waals surface area (Å²) in [4.78, 5) is 31.3. The summed E-state index contributed by atoms with van der Waals surface area (Å²) in [5.41, 5.74) is 14.9. The maximum atomic E-state index is 13.0. The topological polar surface area (TPSA) is 138 Å². The van der Waals surface area contributed by atoms with Crippen LogP contribution in [0.1, 0.15) is 42.5 Å². The summed E-state index contributed by atoms with van der Waals surface area (Å²) in [6.07, 6.45) is 4.32. The number of nitrogens with one attached hydrogen (secondary N) is 2. The smallest absolute Gasteiger partial charge is 0.313 e. The molecule has 0 unspecified atom stereocenters. The SMILES string of the molecule is Cc1cc(NC(=O)C(=O)N2C[C@H](C)CC[C@H]2c2ccc(C=N)c(N)c2)cnc1N. The minimum atomic E-state index is -0.709. The molecule has 2 atom stereocenters. The first kappa shape index (κ1) is 20.3. The maximum absolute atomic E-state index is 13.0. The van der Waals surface area contributed by atoms with Gasteiger partial charge >= 0.3 is 11.8 Å². The summed E-state index contributed by atoms with van der Waals surface area (Å²) < 4.78 is 0. The monoisotopic (exact) mass is 394 g/mol. The molecule has 8 heteroatoms. The molecule has 1 aromatic carbocycles. The molecule has 0 saturated carbocycles. The molecular weight excluding hydrogens is 368 g/mol. The number of hydrogen-bond donors (Lipinski definition) is 4. The zero-order chi connectivity index (χ0) is 21.1. The van der Waals surface area contributed by atoms with Crippen LogP contribution in [0.2, 0.25) is 0 Å². The van der Waals surface area contributed by atoms with Crippen LogP contribution in [-0.4, -0.2) is 34.5 Å². The summed E-state index contributed by atoms with van der Waals surface area (Å²) in [6.45, 7) is 4.33. The van der Waals surface area contributed by atoms with Gasteiger partial charge in [-0.2, -0.15) is 0 Å². The first-order chi connectivity index (χ1) is 13.8. The van der Waals surface area contributed by atoms with Crippen LogP contribution in [0.25, 0.3) is 0 Å². The third kappa shape index (κ3) is 4.37. The Labute approximate surface area is 169 Å². The van der Waals surface area contributed by atoms with Crippen molar-refractivity contribution >= 4 is 35.2 Å². The number of aromatic nitrogens is 1. The van der Waals surface area contributed by atoms with Gasteiger partial charge in [-0.1, -0.05) is 19.1 Å². The number of pyridine rings is 1. The number of nitrogen functional groups attached to an aromatic ring is 2. The number of hydrogen-bond acceptors (Lipinski definition) is 6. The highest BCUT2D eigenvalue weighted by atomic mass is 16.2. The van der Waals surface area contributed by atoms with Crippen molar-refractivity contribution in [2.75, 3.05) is 23.3 Å². The van der Waals surface area contributed by atoms with Crippen molar-refractivity contribution in [3.8, 4) is 0 Å². The van der Waals surface area contributed by atoms with Crippen molar-refractivity contribution in [3.05, 3.63) is 47.2 Å². The lowest BCUT2D eigenvalue weighted by atomic mass is 9.89. The second-order valence-electron chi connectivity index (χ2n) is 7.57. The van der Waals surface area contributed by atoms with E-state index in [4.69, 9.17) is 16.9 Å². The number of amides is 2. The molecule has 2 heterocycles. The Morgan fingerprint density at radius 1 is 1.28 bits per heavy atom. The Morgan fingerprint density at radius 3 is 2.69 bits per heavy atom. The zero-order valence-electron chi connectivity index (χ0n) is 16.6. The Balaban J connectivity index is 1.83. The van der Waals surface area contributed by atoms with Gasteiger partial charge in [-0.25, -0.2) is 4.98 Å². The van der Waals surface area contributed by atoms with Crippen molar-refractivity contribution < 1.29 is 9.59 Å². The van der Waals surface area contributed by atoms with Crippen LogP contribution in [0, 0.1) is 18.3 Å². The van der Waals surface area contributed by atoms with Crippen molar-refractivity contribution in [1.82, 2.24) is 9.88 Å². The van der Waals surface area contributed by atoms with Crippen LogP contribution in [0.5, 0.6) is 0 Å². The van der Waals surface area contributed by atoms with Gasteiger partial charge in [-0.3, -0.25) is 9.59 Å². The van der Waals surface area contributed by atoms with E-state index in [2.05, 4.69) is 17.2 Å².